The van der Waals surface area contributed by atoms with Crippen molar-refractivity contribution >= 4 is 0 Å². The molecule has 0 aliphatic carbocycles. The minimum Gasteiger partial charge on any atom is -0.490 e. The number of hydrogen-bond donors (Lipinski definition) is 1. The summed E-state index contributed by atoms with van der Waals surface area (Å²) in [6, 6.07) is 5.38. The number of ether oxygens (including phenoxy) is 1. The number of halogens is 1. The van der Waals surface area contributed by atoms with Gasteiger partial charge in [-0.15, -0.1) is 0 Å². The fourth-order valence-corrected chi connectivity index (χ4v) is 2.57. The normalized spacial score (nSPS) is 21.6. The molecule has 1 aliphatic rings. The minimum atomic E-state index is -0.324. The zero-order chi connectivity index (χ0) is 13.8. The van der Waals surface area contributed by atoms with Crippen LogP contribution in [0.2, 0.25) is 0 Å². The van der Waals surface area contributed by atoms with E-state index >= 15 is 0 Å². The molecule has 0 bridgehead atoms. The second kappa shape index (κ2) is 6.35. The van der Waals surface area contributed by atoms with Crippen LogP contribution in [0.1, 0.15) is 37.8 Å². The molecule has 1 aliphatic heterocycles. The first-order valence-electron chi connectivity index (χ1n) is 6.96. The maximum absolute atomic E-state index is 13.8. The Morgan fingerprint density at radius 3 is 2.89 bits per heavy atom. The molecule has 1 aromatic carbocycles. The Labute approximate surface area is 114 Å². The summed E-state index contributed by atoms with van der Waals surface area (Å²) in [5.74, 6) is -0.000346. The molecule has 1 aromatic rings. The number of nitrogens with two attached hydrogens (primary N) is 1. The third-order valence-electron chi connectivity index (χ3n) is 3.86. The van der Waals surface area contributed by atoms with Gasteiger partial charge in [0.2, 0.25) is 0 Å². The number of likely N-dealkylation sites (tertiary alicyclic amines) is 1. The van der Waals surface area contributed by atoms with Crippen molar-refractivity contribution in [2.75, 3.05) is 20.2 Å². The Bertz CT molecular complexity index is 423. The molecule has 0 aromatic heterocycles. The van der Waals surface area contributed by atoms with Crippen LogP contribution >= 0.6 is 0 Å². The average molecular weight is 266 g/mol. The van der Waals surface area contributed by atoms with Crippen LogP contribution in [0.3, 0.4) is 0 Å². The van der Waals surface area contributed by atoms with Gasteiger partial charge in [0.1, 0.15) is 0 Å². The lowest BCUT2D eigenvalue weighted by molar-refractivity contribution is 0.228. The van der Waals surface area contributed by atoms with Gasteiger partial charge in [-0.3, -0.25) is 0 Å². The molecule has 0 saturated carbocycles. The lowest BCUT2D eigenvalue weighted by atomic mass is 10.1. The van der Waals surface area contributed by atoms with Crippen LogP contribution < -0.4 is 10.5 Å². The Balaban J connectivity index is 1.86. The van der Waals surface area contributed by atoms with Crippen LogP contribution in [-0.4, -0.2) is 31.1 Å². The van der Waals surface area contributed by atoms with Gasteiger partial charge in [-0.1, -0.05) is 6.07 Å². The third-order valence-corrected chi connectivity index (χ3v) is 3.86. The highest BCUT2D eigenvalue weighted by molar-refractivity contribution is 5.30. The van der Waals surface area contributed by atoms with Crippen LogP contribution in [-0.2, 0) is 0 Å². The lowest BCUT2D eigenvalue weighted by Gasteiger charge is -2.19. The van der Waals surface area contributed by atoms with Gasteiger partial charge in [0.05, 0.1) is 6.61 Å². The standard InChI is InChI=1S/C15H23FN2O/c1-11(17)12-5-6-15(14(16)10-12)19-9-7-13-4-3-8-18(13)2/h5-6,10-11,13H,3-4,7-9,17H2,1-2H3/t11-,13?/m1/s1. The molecule has 106 valence electrons. The third kappa shape index (κ3) is 3.67. The summed E-state index contributed by atoms with van der Waals surface area (Å²) < 4.78 is 19.3. The van der Waals surface area contributed by atoms with Gasteiger partial charge in [0.15, 0.2) is 11.6 Å². The van der Waals surface area contributed by atoms with Crippen molar-refractivity contribution in [3.63, 3.8) is 0 Å². The van der Waals surface area contributed by atoms with Gasteiger partial charge >= 0.3 is 0 Å². The van der Waals surface area contributed by atoms with Crippen LogP contribution in [0.4, 0.5) is 4.39 Å². The topological polar surface area (TPSA) is 38.5 Å². The van der Waals surface area contributed by atoms with Crippen LogP contribution in [0, 0.1) is 5.82 Å². The smallest absolute Gasteiger partial charge is 0.165 e. The van der Waals surface area contributed by atoms with Crippen molar-refractivity contribution in [3.8, 4) is 5.75 Å². The molecule has 0 spiro atoms. The summed E-state index contributed by atoms with van der Waals surface area (Å²) in [7, 11) is 2.13. The van der Waals surface area contributed by atoms with E-state index in [9.17, 15) is 4.39 Å². The molecular weight excluding hydrogens is 243 g/mol. The molecule has 0 amide bonds. The van der Waals surface area contributed by atoms with Crippen LogP contribution in [0.25, 0.3) is 0 Å². The fraction of sp³-hybridized carbons (Fsp3) is 0.600. The zero-order valence-corrected chi connectivity index (χ0v) is 11.7. The van der Waals surface area contributed by atoms with E-state index in [-0.39, 0.29) is 11.9 Å². The summed E-state index contributed by atoms with van der Waals surface area (Å²) in [6.07, 6.45) is 3.41. The van der Waals surface area contributed by atoms with E-state index in [1.807, 2.05) is 13.0 Å². The average Bonchev–Trinajstić information content (AvgIpc) is 2.77. The first-order chi connectivity index (χ1) is 9.08. The molecule has 2 N–H and O–H groups in total. The van der Waals surface area contributed by atoms with Gasteiger partial charge in [0.25, 0.3) is 0 Å². The van der Waals surface area contributed by atoms with Crippen molar-refractivity contribution < 1.29 is 9.13 Å². The molecule has 1 fully saturated rings. The maximum atomic E-state index is 13.8. The number of benzene rings is 1. The van der Waals surface area contributed by atoms with Gasteiger partial charge in [-0.25, -0.2) is 4.39 Å². The van der Waals surface area contributed by atoms with Crippen LogP contribution in [0.5, 0.6) is 5.75 Å². The highest BCUT2D eigenvalue weighted by atomic mass is 19.1. The number of rotatable bonds is 5. The van der Waals surface area contributed by atoms with E-state index in [1.165, 1.54) is 18.9 Å². The molecule has 2 atom stereocenters. The molecular formula is C15H23FN2O. The van der Waals surface area contributed by atoms with E-state index in [0.29, 0.717) is 18.4 Å². The van der Waals surface area contributed by atoms with E-state index in [2.05, 4.69) is 11.9 Å². The van der Waals surface area contributed by atoms with Gasteiger partial charge in [-0.2, -0.15) is 0 Å². The predicted molar refractivity (Wildman–Crippen MR) is 74.8 cm³/mol. The van der Waals surface area contributed by atoms with Gasteiger partial charge in [-0.05, 0) is 57.5 Å². The summed E-state index contributed by atoms with van der Waals surface area (Å²) in [4.78, 5) is 2.35. The second-order valence-electron chi connectivity index (χ2n) is 5.39. The molecule has 19 heavy (non-hydrogen) atoms. The van der Waals surface area contributed by atoms with Crippen molar-refractivity contribution in [1.29, 1.82) is 0 Å². The Hall–Kier alpha value is -1.13. The summed E-state index contributed by atoms with van der Waals surface area (Å²) in [5.41, 5.74) is 6.51. The quantitative estimate of drug-likeness (QED) is 0.890. The minimum absolute atomic E-state index is 0.157. The van der Waals surface area contributed by atoms with Crippen molar-refractivity contribution in [3.05, 3.63) is 29.6 Å². The van der Waals surface area contributed by atoms with E-state index in [4.69, 9.17) is 10.5 Å². The Morgan fingerprint density at radius 1 is 1.53 bits per heavy atom. The first kappa shape index (κ1) is 14.3. The first-order valence-corrected chi connectivity index (χ1v) is 6.96. The summed E-state index contributed by atoms with van der Waals surface area (Å²) in [6.45, 7) is 3.55. The largest absolute Gasteiger partial charge is 0.490 e. The zero-order valence-electron chi connectivity index (χ0n) is 11.7. The lowest BCUT2D eigenvalue weighted by Crippen LogP contribution is -2.26. The molecule has 1 unspecified atom stereocenters. The predicted octanol–water partition coefficient (Wildman–Crippen LogP) is 2.71. The van der Waals surface area contributed by atoms with Gasteiger partial charge < -0.3 is 15.4 Å². The van der Waals surface area contributed by atoms with Gasteiger partial charge in [0, 0.05) is 12.1 Å². The highest BCUT2D eigenvalue weighted by Crippen LogP contribution is 2.22. The van der Waals surface area contributed by atoms with Crippen LogP contribution in [0.15, 0.2) is 18.2 Å². The number of hydrogen-bond acceptors (Lipinski definition) is 3. The molecule has 1 heterocycles. The molecule has 1 saturated heterocycles. The van der Waals surface area contributed by atoms with Crippen molar-refractivity contribution in [1.82, 2.24) is 4.90 Å². The monoisotopic (exact) mass is 266 g/mol. The van der Waals surface area contributed by atoms with Crippen molar-refractivity contribution in [2.45, 2.75) is 38.3 Å². The van der Waals surface area contributed by atoms with Crippen molar-refractivity contribution in [2.24, 2.45) is 5.73 Å². The van der Waals surface area contributed by atoms with E-state index in [1.54, 1.807) is 6.07 Å². The summed E-state index contributed by atoms with van der Waals surface area (Å²) in [5, 5.41) is 0. The van der Waals surface area contributed by atoms with E-state index < -0.39 is 0 Å². The highest BCUT2D eigenvalue weighted by Gasteiger charge is 2.20. The second-order valence-corrected chi connectivity index (χ2v) is 5.39. The Kier molecular flexibility index (Phi) is 4.77. The summed E-state index contributed by atoms with van der Waals surface area (Å²) >= 11 is 0. The fourth-order valence-electron chi connectivity index (χ4n) is 2.57. The molecule has 0 radical (unpaired) electrons. The van der Waals surface area contributed by atoms with E-state index in [0.717, 1.165) is 18.5 Å². The Morgan fingerprint density at radius 2 is 2.32 bits per heavy atom. The molecule has 2 rings (SSSR count). The maximum Gasteiger partial charge on any atom is 0.165 e. The molecule has 4 heteroatoms. The molecule has 3 nitrogen and oxygen atoms in total. The number of nitrogens with zero attached hydrogens (tertiary/aromatic N) is 1. The SMILES string of the molecule is C[C@@H](N)c1ccc(OCCC2CCCN2C)c(F)c1.